The fourth-order valence-corrected chi connectivity index (χ4v) is 3.46. The van der Waals surface area contributed by atoms with Crippen molar-refractivity contribution >= 4 is 17.3 Å². The number of anilines is 2. The van der Waals surface area contributed by atoms with E-state index in [1.54, 1.807) is 0 Å². The van der Waals surface area contributed by atoms with Crippen LogP contribution in [0.3, 0.4) is 0 Å². The number of para-hydroxylation sites is 2. The summed E-state index contributed by atoms with van der Waals surface area (Å²) in [7, 11) is 2.14. The van der Waals surface area contributed by atoms with Gasteiger partial charge in [0.15, 0.2) is 0 Å². The molecule has 1 N–H and O–H groups in total. The molecule has 1 aromatic carbocycles. The standard InChI is InChI=1S/C15H20N2O/c1-17-13-8-4-3-7-12(13)16-14(18)11-15(17)9-5-2-6-10-15/h3-4,7-8H,2,5-6,9-11H2,1H3,(H,16,18). The van der Waals surface area contributed by atoms with E-state index in [1.807, 2.05) is 18.2 Å². The zero-order valence-electron chi connectivity index (χ0n) is 10.9. The SMILES string of the molecule is CN1c2ccccc2NC(=O)CC12CCCCC2. The van der Waals surface area contributed by atoms with Crippen molar-refractivity contribution in [3.05, 3.63) is 24.3 Å². The van der Waals surface area contributed by atoms with Crippen LogP contribution in [0.5, 0.6) is 0 Å². The topological polar surface area (TPSA) is 32.3 Å². The largest absolute Gasteiger partial charge is 0.367 e. The van der Waals surface area contributed by atoms with Gasteiger partial charge >= 0.3 is 0 Å². The first-order valence-corrected chi connectivity index (χ1v) is 6.84. The molecular weight excluding hydrogens is 224 g/mol. The molecule has 1 saturated carbocycles. The Morgan fingerprint density at radius 2 is 1.89 bits per heavy atom. The third-order valence-electron chi connectivity index (χ3n) is 4.52. The summed E-state index contributed by atoms with van der Waals surface area (Å²) in [5.74, 6) is 0.161. The summed E-state index contributed by atoms with van der Waals surface area (Å²) in [6, 6.07) is 8.12. The van der Waals surface area contributed by atoms with Crippen LogP contribution in [0.1, 0.15) is 38.5 Å². The Bertz CT molecular complexity index is 463. The summed E-state index contributed by atoms with van der Waals surface area (Å²) < 4.78 is 0. The monoisotopic (exact) mass is 244 g/mol. The predicted molar refractivity (Wildman–Crippen MR) is 73.9 cm³/mol. The van der Waals surface area contributed by atoms with E-state index in [2.05, 4.69) is 23.3 Å². The minimum atomic E-state index is 0.0366. The van der Waals surface area contributed by atoms with Crippen LogP contribution in [0.2, 0.25) is 0 Å². The molecule has 0 bridgehead atoms. The van der Waals surface area contributed by atoms with Crippen LogP contribution in [0.25, 0.3) is 0 Å². The molecular formula is C15H20N2O. The number of fused-ring (bicyclic) bond motifs is 1. The summed E-state index contributed by atoms with van der Waals surface area (Å²) in [6.07, 6.45) is 6.66. The highest BCUT2D eigenvalue weighted by Crippen LogP contribution is 2.42. The number of hydrogen-bond acceptors (Lipinski definition) is 2. The molecule has 1 amide bonds. The van der Waals surface area contributed by atoms with Crippen molar-refractivity contribution in [2.24, 2.45) is 0 Å². The predicted octanol–water partition coefficient (Wildman–Crippen LogP) is 3.17. The van der Waals surface area contributed by atoms with Crippen LogP contribution in [0, 0.1) is 0 Å². The lowest BCUT2D eigenvalue weighted by Gasteiger charge is -2.44. The molecule has 0 atom stereocenters. The quantitative estimate of drug-likeness (QED) is 0.760. The summed E-state index contributed by atoms with van der Waals surface area (Å²) >= 11 is 0. The molecule has 1 spiro atoms. The van der Waals surface area contributed by atoms with Gasteiger partial charge in [0.2, 0.25) is 5.91 Å². The Morgan fingerprint density at radius 1 is 1.17 bits per heavy atom. The van der Waals surface area contributed by atoms with Gasteiger partial charge in [0.1, 0.15) is 0 Å². The summed E-state index contributed by atoms with van der Waals surface area (Å²) in [4.78, 5) is 14.5. The molecule has 1 aliphatic carbocycles. The number of hydrogen-bond donors (Lipinski definition) is 1. The summed E-state index contributed by atoms with van der Waals surface area (Å²) in [5.41, 5.74) is 2.15. The molecule has 0 aromatic heterocycles. The van der Waals surface area contributed by atoms with Gasteiger partial charge in [-0.15, -0.1) is 0 Å². The van der Waals surface area contributed by atoms with Gasteiger partial charge in [0.05, 0.1) is 17.8 Å². The number of nitrogens with zero attached hydrogens (tertiary/aromatic N) is 1. The molecule has 3 heteroatoms. The molecule has 18 heavy (non-hydrogen) atoms. The Balaban J connectivity index is 2.05. The first-order chi connectivity index (χ1) is 8.71. The highest BCUT2D eigenvalue weighted by atomic mass is 16.1. The summed E-state index contributed by atoms with van der Waals surface area (Å²) in [5, 5.41) is 3.04. The fraction of sp³-hybridized carbons (Fsp3) is 0.533. The van der Waals surface area contributed by atoms with E-state index in [4.69, 9.17) is 0 Å². The van der Waals surface area contributed by atoms with Gasteiger partial charge in [-0.05, 0) is 25.0 Å². The van der Waals surface area contributed by atoms with E-state index in [0.717, 1.165) is 24.2 Å². The van der Waals surface area contributed by atoms with E-state index in [-0.39, 0.29) is 11.4 Å². The van der Waals surface area contributed by atoms with E-state index in [1.165, 1.54) is 19.3 Å². The molecule has 96 valence electrons. The van der Waals surface area contributed by atoms with Crippen molar-refractivity contribution in [2.45, 2.75) is 44.1 Å². The van der Waals surface area contributed by atoms with E-state index in [9.17, 15) is 4.79 Å². The van der Waals surface area contributed by atoms with Crippen LogP contribution >= 0.6 is 0 Å². The number of rotatable bonds is 0. The maximum absolute atomic E-state index is 12.1. The average Bonchev–Trinajstić information content (AvgIpc) is 2.48. The average molecular weight is 244 g/mol. The Labute approximate surface area is 108 Å². The Kier molecular flexibility index (Phi) is 2.77. The van der Waals surface area contributed by atoms with E-state index >= 15 is 0 Å². The Morgan fingerprint density at radius 3 is 2.67 bits per heavy atom. The number of amides is 1. The lowest BCUT2D eigenvalue weighted by Crippen LogP contribution is -2.49. The van der Waals surface area contributed by atoms with Crippen LogP contribution < -0.4 is 10.2 Å². The van der Waals surface area contributed by atoms with Gasteiger partial charge < -0.3 is 10.2 Å². The fourth-order valence-electron chi connectivity index (χ4n) is 3.46. The second-order valence-corrected chi connectivity index (χ2v) is 5.59. The van der Waals surface area contributed by atoms with E-state index < -0.39 is 0 Å². The number of carbonyl (C=O) groups excluding carboxylic acids is 1. The highest BCUT2D eigenvalue weighted by molar-refractivity contribution is 5.97. The molecule has 0 radical (unpaired) electrons. The lowest BCUT2D eigenvalue weighted by atomic mass is 9.78. The van der Waals surface area contributed by atoms with Crippen LogP contribution in [-0.4, -0.2) is 18.5 Å². The molecule has 1 heterocycles. The maximum atomic E-state index is 12.1. The second kappa shape index (κ2) is 4.30. The molecule has 1 aliphatic heterocycles. The molecule has 0 saturated heterocycles. The molecule has 2 aliphatic rings. The number of nitrogens with one attached hydrogen (secondary N) is 1. The minimum absolute atomic E-state index is 0.0366. The third kappa shape index (κ3) is 1.78. The smallest absolute Gasteiger partial charge is 0.226 e. The van der Waals surface area contributed by atoms with Crippen molar-refractivity contribution in [2.75, 3.05) is 17.3 Å². The van der Waals surface area contributed by atoms with Gasteiger partial charge in [-0.25, -0.2) is 0 Å². The minimum Gasteiger partial charge on any atom is -0.367 e. The van der Waals surface area contributed by atoms with E-state index in [0.29, 0.717) is 6.42 Å². The van der Waals surface area contributed by atoms with Crippen molar-refractivity contribution in [1.82, 2.24) is 0 Å². The zero-order chi connectivity index (χ0) is 12.6. The molecule has 0 unspecified atom stereocenters. The van der Waals surface area contributed by atoms with Crippen LogP contribution in [-0.2, 0) is 4.79 Å². The number of benzene rings is 1. The van der Waals surface area contributed by atoms with Crippen molar-refractivity contribution in [1.29, 1.82) is 0 Å². The summed E-state index contributed by atoms with van der Waals surface area (Å²) in [6.45, 7) is 0. The zero-order valence-corrected chi connectivity index (χ0v) is 10.9. The van der Waals surface area contributed by atoms with Gasteiger partial charge in [-0.1, -0.05) is 31.4 Å². The Hall–Kier alpha value is -1.51. The van der Waals surface area contributed by atoms with Crippen molar-refractivity contribution < 1.29 is 4.79 Å². The van der Waals surface area contributed by atoms with Crippen molar-refractivity contribution in [3.8, 4) is 0 Å². The lowest BCUT2D eigenvalue weighted by molar-refractivity contribution is -0.117. The first-order valence-electron chi connectivity index (χ1n) is 6.84. The highest BCUT2D eigenvalue weighted by Gasteiger charge is 2.40. The molecule has 3 rings (SSSR count). The van der Waals surface area contributed by atoms with Crippen LogP contribution in [0.15, 0.2) is 24.3 Å². The molecule has 1 aromatic rings. The maximum Gasteiger partial charge on any atom is 0.226 e. The normalized spacial score (nSPS) is 22.3. The van der Waals surface area contributed by atoms with Gasteiger partial charge in [-0.2, -0.15) is 0 Å². The number of carbonyl (C=O) groups is 1. The third-order valence-corrected chi connectivity index (χ3v) is 4.52. The molecule has 1 fully saturated rings. The van der Waals surface area contributed by atoms with Gasteiger partial charge in [0, 0.05) is 12.6 Å². The first kappa shape index (κ1) is 11.6. The van der Waals surface area contributed by atoms with Gasteiger partial charge in [0.25, 0.3) is 0 Å². The molecule has 3 nitrogen and oxygen atoms in total. The van der Waals surface area contributed by atoms with Crippen molar-refractivity contribution in [3.63, 3.8) is 0 Å². The van der Waals surface area contributed by atoms with Gasteiger partial charge in [-0.3, -0.25) is 4.79 Å². The van der Waals surface area contributed by atoms with Crippen LogP contribution in [0.4, 0.5) is 11.4 Å². The second-order valence-electron chi connectivity index (χ2n) is 5.59.